The first kappa shape index (κ1) is 12.8. The van der Waals surface area contributed by atoms with Crippen molar-refractivity contribution in [3.63, 3.8) is 0 Å². The van der Waals surface area contributed by atoms with Crippen molar-refractivity contribution in [3.8, 4) is 0 Å². The number of rotatable bonds is 6. The molecule has 1 unspecified atom stereocenters. The van der Waals surface area contributed by atoms with E-state index in [2.05, 4.69) is 19.2 Å². The Morgan fingerprint density at radius 3 is 2.75 bits per heavy atom. The van der Waals surface area contributed by atoms with Gasteiger partial charge in [-0.1, -0.05) is 26.2 Å². The first-order valence-corrected chi connectivity index (χ1v) is 5.95. The number of nitrogens with two attached hydrogens (primary N) is 1. The zero-order chi connectivity index (χ0) is 12.0. The van der Waals surface area contributed by atoms with Gasteiger partial charge in [-0.3, -0.25) is 0 Å². The van der Waals surface area contributed by atoms with E-state index in [4.69, 9.17) is 5.73 Å². The number of hydrogen-bond donors (Lipinski definition) is 2. The molecule has 1 rings (SSSR count). The summed E-state index contributed by atoms with van der Waals surface area (Å²) in [6, 6.07) is 4.85. The molecule has 0 saturated carbocycles. The molecule has 0 aliphatic heterocycles. The van der Waals surface area contributed by atoms with E-state index in [1.165, 1.54) is 31.4 Å². The lowest BCUT2D eigenvalue weighted by Gasteiger charge is -2.16. The van der Waals surface area contributed by atoms with Gasteiger partial charge in [0.15, 0.2) is 0 Å². The number of anilines is 2. The molecule has 0 bridgehead atoms. The fourth-order valence-corrected chi connectivity index (χ4v) is 1.70. The zero-order valence-corrected chi connectivity index (χ0v) is 10.1. The van der Waals surface area contributed by atoms with Crippen LogP contribution in [0.15, 0.2) is 18.2 Å². The van der Waals surface area contributed by atoms with Gasteiger partial charge < -0.3 is 11.1 Å². The Morgan fingerprint density at radius 2 is 2.12 bits per heavy atom. The molecule has 1 aromatic rings. The van der Waals surface area contributed by atoms with Crippen LogP contribution in [0.2, 0.25) is 0 Å². The van der Waals surface area contributed by atoms with Gasteiger partial charge in [0, 0.05) is 6.04 Å². The average Bonchev–Trinajstić information content (AvgIpc) is 2.23. The Bertz CT molecular complexity index is 326. The SMILES string of the molecule is CCCCCC(C)Nc1ccc(F)cc1N. The third-order valence-electron chi connectivity index (χ3n) is 2.66. The average molecular weight is 224 g/mol. The number of hydrogen-bond acceptors (Lipinski definition) is 2. The van der Waals surface area contributed by atoms with Crippen LogP contribution in [0.5, 0.6) is 0 Å². The van der Waals surface area contributed by atoms with Gasteiger partial charge in [-0.05, 0) is 31.5 Å². The lowest BCUT2D eigenvalue weighted by atomic mass is 10.1. The van der Waals surface area contributed by atoms with Crippen LogP contribution in [0.1, 0.15) is 39.5 Å². The minimum absolute atomic E-state index is 0.290. The van der Waals surface area contributed by atoms with Crippen molar-refractivity contribution < 1.29 is 4.39 Å². The van der Waals surface area contributed by atoms with Crippen molar-refractivity contribution in [1.29, 1.82) is 0 Å². The monoisotopic (exact) mass is 224 g/mol. The Balaban J connectivity index is 2.46. The van der Waals surface area contributed by atoms with Gasteiger partial charge in [0.2, 0.25) is 0 Å². The molecule has 1 aromatic carbocycles. The minimum Gasteiger partial charge on any atom is -0.397 e. The summed E-state index contributed by atoms with van der Waals surface area (Å²) in [5, 5.41) is 3.30. The molecule has 2 nitrogen and oxygen atoms in total. The highest BCUT2D eigenvalue weighted by Crippen LogP contribution is 2.20. The van der Waals surface area contributed by atoms with Gasteiger partial charge in [-0.15, -0.1) is 0 Å². The van der Waals surface area contributed by atoms with E-state index in [9.17, 15) is 4.39 Å². The second kappa shape index (κ2) is 6.36. The Hall–Kier alpha value is -1.25. The van der Waals surface area contributed by atoms with Crippen molar-refractivity contribution in [2.75, 3.05) is 11.1 Å². The molecule has 0 aliphatic carbocycles. The van der Waals surface area contributed by atoms with Gasteiger partial charge in [0.25, 0.3) is 0 Å². The molecule has 0 saturated heterocycles. The van der Waals surface area contributed by atoms with E-state index in [1.807, 2.05) is 0 Å². The summed E-state index contributed by atoms with van der Waals surface area (Å²) in [6.45, 7) is 4.31. The van der Waals surface area contributed by atoms with E-state index < -0.39 is 0 Å². The van der Waals surface area contributed by atoms with Crippen LogP contribution in [0, 0.1) is 5.82 Å². The molecule has 0 fully saturated rings. The van der Waals surface area contributed by atoms with Crippen LogP contribution in [0.3, 0.4) is 0 Å². The second-order valence-electron chi connectivity index (χ2n) is 4.27. The normalized spacial score (nSPS) is 12.4. The molecular formula is C13H21FN2. The molecule has 0 radical (unpaired) electrons. The summed E-state index contributed by atoms with van der Waals surface area (Å²) in [7, 11) is 0. The van der Waals surface area contributed by atoms with Crippen LogP contribution in [-0.2, 0) is 0 Å². The highest BCUT2D eigenvalue weighted by Gasteiger charge is 2.05. The van der Waals surface area contributed by atoms with Crippen molar-refractivity contribution in [3.05, 3.63) is 24.0 Å². The topological polar surface area (TPSA) is 38.0 Å². The smallest absolute Gasteiger partial charge is 0.125 e. The number of halogens is 1. The third-order valence-corrected chi connectivity index (χ3v) is 2.66. The molecule has 3 N–H and O–H groups in total. The zero-order valence-electron chi connectivity index (χ0n) is 10.1. The van der Waals surface area contributed by atoms with E-state index in [0.717, 1.165) is 12.1 Å². The van der Waals surface area contributed by atoms with Gasteiger partial charge in [-0.25, -0.2) is 4.39 Å². The van der Waals surface area contributed by atoms with Gasteiger partial charge in [-0.2, -0.15) is 0 Å². The van der Waals surface area contributed by atoms with E-state index in [1.54, 1.807) is 6.07 Å². The van der Waals surface area contributed by atoms with Crippen LogP contribution >= 0.6 is 0 Å². The number of benzene rings is 1. The highest BCUT2D eigenvalue weighted by atomic mass is 19.1. The molecule has 1 atom stereocenters. The maximum absolute atomic E-state index is 12.8. The van der Waals surface area contributed by atoms with Crippen LogP contribution in [0.4, 0.5) is 15.8 Å². The third kappa shape index (κ3) is 4.09. The molecule has 0 spiro atoms. The lowest BCUT2D eigenvalue weighted by Crippen LogP contribution is -2.16. The summed E-state index contributed by atoms with van der Waals surface area (Å²) >= 11 is 0. The van der Waals surface area contributed by atoms with Crippen molar-refractivity contribution in [2.45, 2.75) is 45.6 Å². The van der Waals surface area contributed by atoms with Gasteiger partial charge in [0.1, 0.15) is 5.82 Å². The molecule has 3 heteroatoms. The van der Waals surface area contributed by atoms with E-state index >= 15 is 0 Å². The summed E-state index contributed by atoms with van der Waals surface area (Å²) in [5.74, 6) is -0.290. The first-order chi connectivity index (χ1) is 7.63. The Labute approximate surface area is 97.0 Å². The minimum atomic E-state index is -0.290. The van der Waals surface area contributed by atoms with Gasteiger partial charge >= 0.3 is 0 Å². The molecule has 0 aromatic heterocycles. The molecule has 0 amide bonds. The highest BCUT2D eigenvalue weighted by molar-refractivity contribution is 5.66. The quantitative estimate of drug-likeness (QED) is 0.570. The molecule has 16 heavy (non-hydrogen) atoms. The number of unbranched alkanes of at least 4 members (excludes halogenated alkanes) is 2. The van der Waals surface area contributed by atoms with Crippen LogP contribution < -0.4 is 11.1 Å². The first-order valence-electron chi connectivity index (χ1n) is 5.95. The van der Waals surface area contributed by atoms with Gasteiger partial charge in [0.05, 0.1) is 11.4 Å². The molecule has 90 valence electrons. The molecular weight excluding hydrogens is 203 g/mol. The molecule has 0 aliphatic rings. The summed E-state index contributed by atoms with van der Waals surface area (Å²) in [5.41, 5.74) is 7.02. The summed E-state index contributed by atoms with van der Waals surface area (Å²) in [6.07, 6.45) is 4.81. The fraction of sp³-hybridized carbons (Fsp3) is 0.538. The fourth-order valence-electron chi connectivity index (χ4n) is 1.70. The predicted molar refractivity (Wildman–Crippen MR) is 68.0 cm³/mol. The van der Waals surface area contributed by atoms with Crippen molar-refractivity contribution in [1.82, 2.24) is 0 Å². The summed E-state index contributed by atoms with van der Waals surface area (Å²) in [4.78, 5) is 0. The Kier molecular flexibility index (Phi) is 5.09. The second-order valence-corrected chi connectivity index (χ2v) is 4.27. The summed E-state index contributed by atoms with van der Waals surface area (Å²) < 4.78 is 12.8. The molecule has 0 heterocycles. The van der Waals surface area contributed by atoms with Crippen LogP contribution in [0.25, 0.3) is 0 Å². The number of nitrogen functional groups attached to an aromatic ring is 1. The number of nitrogens with one attached hydrogen (secondary N) is 1. The Morgan fingerprint density at radius 1 is 1.38 bits per heavy atom. The largest absolute Gasteiger partial charge is 0.397 e. The maximum atomic E-state index is 12.8. The lowest BCUT2D eigenvalue weighted by molar-refractivity contribution is 0.614. The standard InChI is InChI=1S/C13H21FN2/c1-3-4-5-6-10(2)16-13-8-7-11(14)9-12(13)15/h7-10,16H,3-6,15H2,1-2H3. The van der Waals surface area contributed by atoms with Crippen LogP contribution in [-0.4, -0.2) is 6.04 Å². The van der Waals surface area contributed by atoms with Crippen molar-refractivity contribution in [2.24, 2.45) is 0 Å². The predicted octanol–water partition coefficient (Wildman–Crippen LogP) is 3.79. The van der Waals surface area contributed by atoms with E-state index in [0.29, 0.717) is 11.7 Å². The maximum Gasteiger partial charge on any atom is 0.125 e. The van der Waals surface area contributed by atoms with E-state index in [-0.39, 0.29) is 5.82 Å². The van der Waals surface area contributed by atoms with Crippen molar-refractivity contribution >= 4 is 11.4 Å².